The first-order valence-electron chi connectivity index (χ1n) is 13.2. The van der Waals surface area contributed by atoms with Crippen LogP contribution in [0, 0.1) is 6.92 Å². The molecule has 0 fully saturated rings. The highest BCUT2D eigenvalue weighted by Gasteiger charge is 2.15. The van der Waals surface area contributed by atoms with E-state index in [2.05, 4.69) is 55.5 Å². The summed E-state index contributed by atoms with van der Waals surface area (Å²) < 4.78 is 7.66. The second-order valence-corrected chi connectivity index (χ2v) is 9.99. The van der Waals surface area contributed by atoms with E-state index in [-0.39, 0.29) is 11.8 Å². The van der Waals surface area contributed by atoms with Crippen molar-refractivity contribution in [1.29, 1.82) is 0 Å². The first kappa shape index (κ1) is 27.1. The SMILES string of the molecule is CCOc1cc2ccn(C(=O)c3ccc(-c4ccc(CNC(C)=O)cc4C)cc3)c2cc1CCCN(C)C. The number of aryl methyl sites for hydroxylation is 2. The number of aromatic nitrogens is 1. The van der Waals surface area contributed by atoms with Gasteiger partial charge in [-0.25, -0.2) is 0 Å². The number of ether oxygens (including phenoxy) is 1. The van der Waals surface area contributed by atoms with Crippen LogP contribution in [0.25, 0.3) is 22.0 Å². The van der Waals surface area contributed by atoms with Gasteiger partial charge in [-0.3, -0.25) is 14.2 Å². The number of carbonyl (C=O) groups is 2. The van der Waals surface area contributed by atoms with Crippen LogP contribution in [0.5, 0.6) is 5.75 Å². The van der Waals surface area contributed by atoms with Crippen LogP contribution in [0.2, 0.25) is 0 Å². The average molecular weight is 512 g/mol. The molecule has 1 heterocycles. The van der Waals surface area contributed by atoms with Crippen molar-refractivity contribution in [2.75, 3.05) is 27.2 Å². The van der Waals surface area contributed by atoms with Crippen molar-refractivity contribution in [3.05, 3.63) is 89.1 Å². The van der Waals surface area contributed by atoms with Gasteiger partial charge in [-0.1, -0.05) is 30.3 Å². The van der Waals surface area contributed by atoms with Crippen LogP contribution in [0.15, 0.2) is 66.9 Å². The van der Waals surface area contributed by atoms with Gasteiger partial charge in [0.1, 0.15) is 5.75 Å². The molecule has 0 atom stereocenters. The van der Waals surface area contributed by atoms with Gasteiger partial charge in [-0.2, -0.15) is 0 Å². The zero-order chi connectivity index (χ0) is 27.2. The van der Waals surface area contributed by atoms with Gasteiger partial charge in [0.2, 0.25) is 5.91 Å². The fourth-order valence-corrected chi connectivity index (χ4v) is 4.77. The molecule has 6 nitrogen and oxygen atoms in total. The largest absolute Gasteiger partial charge is 0.494 e. The Labute approximate surface area is 225 Å². The first-order valence-corrected chi connectivity index (χ1v) is 13.2. The van der Waals surface area contributed by atoms with E-state index >= 15 is 0 Å². The number of nitrogens with zero attached hydrogens (tertiary/aromatic N) is 2. The number of carbonyl (C=O) groups excluding carboxylic acids is 2. The van der Waals surface area contributed by atoms with Gasteiger partial charge in [0, 0.05) is 30.6 Å². The normalized spacial score (nSPS) is 11.2. The zero-order valence-electron chi connectivity index (χ0n) is 23.0. The molecule has 0 bridgehead atoms. The minimum Gasteiger partial charge on any atom is -0.494 e. The molecule has 0 radical (unpaired) electrons. The van der Waals surface area contributed by atoms with E-state index in [1.807, 2.05) is 49.5 Å². The number of rotatable bonds is 10. The number of hydrogen-bond donors (Lipinski definition) is 1. The average Bonchev–Trinajstić information content (AvgIpc) is 3.30. The minimum absolute atomic E-state index is 0.0438. The second kappa shape index (κ2) is 12.1. The molecule has 6 heteroatoms. The highest BCUT2D eigenvalue weighted by molar-refractivity contribution is 6.02. The first-order chi connectivity index (χ1) is 18.3. The van der Waals surface area contributed by atoms with Crippen molar-refractivity contribution in [3.8, 4) is 16.9 Å². The van der Waals surface area contributed by atoms with Crippen LogP contribution in [-0.2, 0) is 17.8 Å². The Balaban J connectivity index is 1.57. The van der Waals surface area contributed by atoms with Gasteiger partial charge in [-0.05, 0) is 105 Å². The van der Waals surface area contributed by atoms with Crippen molar-refractivity contribution in [2.24, 2.45) is 0 Å². The van der Waals surface area contributed by atoms with Crippen LogP contribution >= 0.6 is 0 Å². The molecule has 38 heavy (non-hydrogen) atoms. The predicted octanol–water partition coefficient (Wildman–Crippen LogP) is 5.83. The summed E-state index contributed by atoms with van der Waals surface area (Å²) in [5.41, 5.74) is 6.99. The molecular formula is C32H37N3O3. The molecule has 0 spiro atoms. The van der Waals surface area contributed by atoms with Crippen molar-refractivity contribution >= 4 is 22.7 Å². The maximum atomic E-state index is 13.5. The van der Waals surface area contributed by atoms with Crippen molar-refractivity contribution in [3.63, 3.8) is 0 Å². The van der Waals surface area contributed by atoms with Gasteiger partial charge in [0.05, 0.1) is 12.1 Å². The minimum atomic E-state index is -0.0580. The summed E-state index contributed by atoms with van der Waals surface area (Å²) in [5.74, 6) is 0.793. The Morgan fingerprint density at radius 2 is 1.76 bits per heavy atom. The fourth-order valence-electron chi connectivity index (χ4n) is 4.77. The summed E-state index contributed by atoms with van der Waals surface area (Å²) in [5, 5.41) is 3.82. The Morgan fingerprint density at radius 1 is 1.00 bits per heavy atom. The molecule has 198 valence electrons. The monoisotopic (exact) mass is 511 g/mol. The fraction of sp³-hybridized carbons (Fsp3) is 0.312. The topological polar surface area (TPSA) is 63.6 Å². The summed E-state index contributed by atoms with van der Waals surface area (Å²) in [4.78, 5) is 26.9. The quantitative estimate of drug-likeness (QED) is 0.291. The molecular weight excluding hydrogens is 474 g/mol. The molecule has 4 aromatic rings. The molecule has 1 amide bonds. The predicted molar refractivity (Wildman–Crippen MR) is 154 cm³/mol. The lowest BCUT2D eigenvalue weighted by Crippen LogP contribution is -2.18. The maximum Gasteiger partial charge on any atom is 0.262 e. The maximum absolute atomic E-state index is 13.5. The lowest BCUT2D eigenvalue weighted by atomic mass is 9.97. The van der Waals surface area contributed by atoms with Crippen LogP contribution in [0.3, 0.4) is 0 Å². The molecule has 0 saturated heterocycles. The molecule has 1 aromatic heterocycles. The Hall–Kier alpha value is -3.90. The number of hydrogen-bond acceptors (Lipinski definition) is 4. The lowest BCUT2D eigenvalue weighted by Gasteiger charge is -2.14. The van der Waals surface area contributed by atoms with Gasteiger partial charge in [0.25, 0.3) is 5.91 Å². The van der Waals surface area contributed by atoms with E-state index in [0.29, 0.717) is 18.7 Å². The van der Waals surface area contributed by atoms with Crippen LogP contribution in [-0.4, -0.2) is 48.5 Å². The van der Waals surface area contributed by atoms with Gasteiger partial charge in [0.15, 0.2) is 0 Å². The number of benzene rings is 3. The molecule has 0 unspecified atom stereocenters. The summed E-state index contributed by atoms with van der Waals surface area (Å²) >= 11 is 0. The van der Waals surface area contributed by atoms with Gasteiger partial charge in [-0.15, -0.1) is 0 Å². The zero-order valence-corrected chi connectivity index (χ0v) is 23.0. The summed E-state index contributed by atoms with van der Waals surface area (Å²) in [7, 11) is 4.15. The van der Waals surface area contributed by atoms with E-state index in [9.17, 15) is 9.59 Å². The van der Waals surface area contributed by atoms with Crippen molar-refractivity contribution in [2.45, 2.75) is 40.2 Å². The molecule has 0 aliphatic rings. The molecule has 3 aromatic carbocycles. The van der Waals surface area contributed by atoms with E-state index in [0.717, 1.165) is 63.9 Å². The molecule has 0 saturated carbocycles. The highest BCUT2D eigenvalue weighted by Crippen LogP contribution is 2.30. The third kappa shape index (κ3) is 6.32. The van der Waals surface area contributed by atoms with E-state index < -0.39 is 0 Å². The van der Waals surface area contributed by atoms with Gasteiger partial charge >= 0.3 is 0 Å². The summed E-state index contributed by atoms with van der Waals surface area (Å²) in [6.45, 7) is 7.68. The molecule has 1 N–H and O–H groups in total. The Kier molecular flexibility index (Phi) is 8.64. The Bertz CT molecular complexity index is 1430. The molecule has 4 rings (SSSR count). The Morgan fingerprint density at radius 3 is 2.42 bits per heavy atom. The van der Waals surface area contributed by atoms with Crippen LogP contribution in [0.1, 0.15) is 47.3 Å². The van der Waals surface area contributed by atoms with Gasteiger partial charge < -0.3 is 15.0 Å². The van der Waals surface area contributed by atoms with Crippen LogP contribution in [0.4, 0.5) is 0 Å². The standard InChI is InChI=1S/C32H37N3O3/c1-6-38-31-20-27-15-17-35(30(27)19-28(31)8-7-16-34(4)5)32(37)26-12-10-25(11-13-26)29-14-9-24(18-22(29)2)21-33-23(3)36/h9-15,17-20H,6-8,16,21H2,1-5H3,(H,33,36). The van der Waals surface area contributed by atoms with Crippen molar-refractivity contribution in [1.82, 2.24) is 14.8 Å². The number of amides is 1. The summed E-state index contributed by atoms with van der Waals surface area (Å²) in [6, 6.07) is 20.1. The number of fused-ring (bicyclic) bond motifs is 1. The molecule has 0 aliphatic heterocycles. The van der Waals surface area contributed by atoms with E-state index in [4.69, 9.17) is 4.74 Å². The third-order valence-corrected chi connectivity index (χ3v) is 6.72. The summed E-state index contributed by atoms with van der Waals surface area (Å²) in [6.07, 6.45) is 3.75. The second-order valence-electron chi connectivity index (χ2n) is 9.99. The van der Waals surface area contributed by atoms with Crippen LogP contribution < -0.4 is 10.1 Å². The van der Waals surface area contributed by atoms with E-state index in [1.165, 1.54) is 6.92 Å². The lowest BCUT2D eigenvalue weighted by molar-refractivity contribution is -0.119. The van der Waals surface area contributed by atoms with Crippen molar-refractivity contribution < 1.29 is 14.3 Å². The highest BCUT2D eigenvalue weighted by atomic mass is 16.5. The third-order valence-electron chi connectivity index (χ3n) is 6.72. The smallest absolute Gasteiger partial charge is 0.262 e. The van der Waals surface area contributed by atoms with E-state index in [1.54, 1.807) is 4.57 Å². The molecule has 0 aliphatic carbocycles. The number of nitrogens with one attached hydrogen (secondary N) is 1.